The van der Waals surface area contributed by atoms with Crippen molar-refractivity contribution in [1.82, 2.24) is 10.2 Å². The Balaban J connectivity index is 1.44. The van der Waals surface area contributed by atoms with Gasteiger partial charge in [0.05, 0.1) is 5.88 Å². The lowest BCUT2D eigenvalue weighted by atomic mass is 10.2. The maximum Gasteiger partial charge on any atom is 0.243 e. The van der Waals surface area contributed by atoms with Crippen LogP contribution in [0, 0.1) is 5.92 Å². The molecule has 1 aromatic heterocycles. The number of aryl methyl sites for hydroxylation is 1. The molecule has 2 fully saturated rings. The molecule has 120 valence electrons. The molecule has 1 aromatic rings. The summed E-state index contributed by atoms with van der Waals surface area (Å²) in [5.74, 6) is 2.21. The quantitative estimate of drug-likeness (QED) is 0.831. The molecule has 1 saturated heterocycles. The molecule has 3 rings (SSSR count). The van der Waals surface area contributed by atoms with E-state index in [4.69, 9.17) is 0 Å². The van der Waals surface area contributed by atoms with Gasteiger partial charge in [-0.3, -0.25) is 9.59 Å². The summed E-state index contributed by atoms with van der Waals surface area (Å²) in [6.45, 7) is 0.778. The highest BCUT2D eigenvalue weighted by Gasteiger charge is 2.34. The Hall–Kier alpha value is -1.01. The molecule has 4 nitrogen and oxygen atoms in total. The fraction of sp³-hybridized carbons (Fsp3) is 0.625. The largest absolute Gasteiger partial charge is 0.354 e. The second kappa shape index (κ2) is 7.51. The fourth-order valence-corrected chi connectivity index (χ4v) is 4.53. The summed E-state index contributed by atoms with van der Waals surface area (Å²) in [7, 11) is 0. The first-order valence-electron chi connectivity index (χ1n) is 7.91. The molecule has 1 saturated carbocycles. The van der Waals surface area contributed by atoms with Crippen LogP contribution in [0.1, 0.15) is 30.6 Å². The van der Waals surface area contributed by atoms with Gasteiger partial charge in [-0.25, -0.2) is 0 Å². The van der Waals surface area contributed by atoms with Crippen molar-refractivity contribution >= 4 is 34.9 Å². The number of thioether (sulfide) groups is 1. The van der Waals surface area contributed by atoms with Gasteiger partial charge in [-0.2, -0.15) is 0 Å². The number of nitrogens with one attached hydrogen (secondary N) is 1. The third-order valence-electron chi connectivity index (χ3n) is 4.16. The first kappa shape index (κ1) is 15.9. The van der Waals surface area contributed by atoms with Gasteiger partial charge in [0.1, 0.15) is 6.04 Å². The van der Waals surface area contributed by atoms with Gasteiger partial charge in [0.15, 0.2) is 0 Å². The van der Waals surface area contributed by atoms with Gasteiger partial charge in [-0.05, 0) is 43.0 Å². The van der Waals surface area contributed by atoms with Gasteiger partial charge >= 0.3 is 0 Å². The van der Waals surface area contributed by atoms with Gasteiger partial charge in [-0.15, -0.1) is 23.1 Å². The van der Waals surface area contributed by atoms with E-state index in [0.29, 0.717) is 18.2 Å². The average molecular weight is 338 g/mol. The van der Waals surface area contributed by atoms with Crippen LogP contribution in [-0.2, 0) is 16.0 Å². The second-order valence-electron chi connectivity index (χ2n) is 6.00. The predicted molar refractivity (Wildman–Crippen MR) is 90.9 cm³/mol. The van der Waals surface area contributed by atoms with Crippen molar-refractivity contribution in [2.24, 2.45) is 5.92 Å². The lowest BCUT2D eigenvalue weighted by Crippen LogP contribution is -2.47. The summed E-state index contributed by atoms with van der Waals surface area (Å²) in [5.41, 5.74) is 0. The number of nitrogens with zero attached hydrogens (tertiary/aromatic N) is 1. The van der Waals surface area contributed by atoms with Crippen LogP contribution in [0.15, 0.2) is 17.5 Å². The smallest absolute Gasteiger partial charge is 0.243 e. The Labute approximate surface area is 139 Å². The number of hydrogen-bond donors (Lipinski definition) is 1. The van der Waals surface area contributed by atoms with E-state index in [1.807, 2.05) is 6.07 Å². The number of hydrogen-bond acceptors (Lipinski definition) is 4. The van der Waals surface area contributed by atoms with E-state index in [9.17, 15) is 9.59 Å². The van der Waals surface area contributed by atoms with Crippen molar-refractivity contribution in [3.63, 3.8) is 0 Å². The van der Waals surface area contributed by atoms with Crippen molar-refractivity contribution in [1.29, 1.82) is 0 Å². The highest BCUT2D eigenvalue weighted by Crippen LogP contribution is 2.28. The van der Waals surface area contributed by atoms with Gasteiger partial charge in [0.2, 0.25) is 11.8 Å². The van der Waals surface area contributed by atoms with Crippen LogP contribution in [0.3, 0.4) is 0 Å². The molecule has 1 aliphatic carbocycles. The molecule has 2 aliphatic rings. The minimum Gasteiger partial charge on any atom is -0.354 e. The summed E-state index contributed by atoms with van der Waals surface area (Å²) in [6, 6.07) is 3.88. The maximum atomic E-state index is 12.4. The summed E-state index contributed by atoms with van der Waals surface area (Å²) >= 11 is 3.41. The Kier molecular flexibility index (Phi) is 5.41. The Morgan fingerprint density at radius 3 is 2.95 bits per heavy atom. The molecule has 2 heterocycles. The summed E-state index contributed by atoms with van der Waals surface area (Å²) in [4.78, 5) is 27.7. The third kappa shape index (κ3) is 4.26. The van der Waals surface area contributed by atoms with E-state index >= 15 is 0 Å². The molecule has 0 spiro atoms. The molecule has 1 N–H and O–H groups in total. The van der Waals surface area contributed by atoms with Gasteiger partial charge < -0.3 is 10.2 Å². The molecule has 0 radical (unpaired) electrons. The van der Waals surface area contributed by atoms with E-state index < -0.39 is 0 Å². The molecular weight excluding hydrogens is 316 g/mol. The maximum absolute atomic E-state index is 12.4. The molecular formula is C16H22N2O2S2. The van der Waals surface area contributed by atoms with Crippen LogP contribution in [0.4, 0.5) is 0 Å². The Morgan fingerprint density at radius 2 is 2.23 bits per heavy atom. The predicted octanol–water partition coefficient (Wildman–Crippen LogP) is 2.50. The Morgan fingerprint density at radius 1 is 1.36 bits per heavy atom. The zero-order valence-corrected chi connectivity index (χ0v) is 14.3. The van der Waals surface area contributed by atoms with E-state index in [2.05, 4.69) is 16.8 Å². The van der Waals surface area contributed by atoms with Crippen molar-refractivity contribution < 1.29 is 9.59 Å². The normalized spacial score (nSPS) is 21.1. The van der Waals surface area contributed by atoms with E-state index in [1.165, 1.54) is 17.7 Å². The highest BCUT2D eigenvalue weighted by molar-refractivity contribution is 7.99. The van der Waals surface area contributed by atoms with Crippen LogP contribution < -0.4 is 5.32 Å². The lowest BCUT2D eigenvalue weighted by Gasteiger charge is -2.23. The van der Waals surface area contributed by atoms with Crippen molar-refractivity contribution in [2.75, 3.05) is 18.2 Å². The van der Waals surface area contributed by atoms with Gasteiger partial charge in [0.25, 0.3) is 0 Å². The van der Waals surface area contributed by atoms with Crippen LogP contribution in [0.25, 0.3) is 0 Å². The molecule has 0 aromatic carbocycles. The Bertz CT molecular complexity index is 514. The molecule has 1 atom stereocenters. The summed E-state index contributed by atoms with van der Waals surface area (Å²) < 4.78 is 0. The van der Waals surface area contributed by atoms with Crippen molar-refractivity contribution in [3.05, 3.63) is 22.4 Å². The first-order chi connectivity index (χ1) is 10.7. The fourth-order valence-electron chi connectivity index (χ4n) is 2.60. The molecule has 0 unspecified atom stereocenters. The molecule has 1 aliphatic heterocycles. The van der Waals surface area contributed by atoms with Crippen molar-refractivity contribution in [2.45, 2.75) is 38.1 Å². The van der Waals surface area contributed by atoms with Crippen LogP contribution >= 0.6 is 23.1 Å². The highest BCUT2D eigenvalue weighted by atomic mass is 32.2. The van der Waals surface area contributed by atoms with Crippen molar-refractivity contribution in [3.8, 4) is 0 Å². The average Bonchev–Trinajstić information content (AvgIpc) is 3.01. The number of thiophene rings is 1. The third-order valence-corrected chi connectivity index (χ3v) is 6.11. The molecule has 0 bridgehead atoms. The van der Waals surface area contributed by atoms with Crippen LogP contribution in [0.2, 0.25) is 0 Å². The summed E-state index contributed by atoms with van der Waals surface area (Å²) in [6.07, 6.45) is 4.79. The second-order valence-corrected chi connectivity index (χ2v) is 8.03. The number of carbonyl (C=O) groups is 2. The number of rotatable bonds is 7. The number of amides is 2. The standard InChI is InChI=1S/C16H22N2O2S2/c19-15(5-1-3-13-4-2-8-22-13)18-11-21-10-14(18)16(20)17-9-12-6-7-12/h2,4,8,12,14H,1,3,5-7,9-11H2,(H,17,20)/t14-/m1/s1. The monoisotopic (exact) mass is 338 g/mol. The lowest BCUT2D eigenvalue weighted by molar-refractivity contribution is -0.138. The number of carbonyl (C=O) groups excluding carboxylic acids is 2. The van der Waals surface area contributed by atoms with Gasteiger partial charge in [-0.1, -0.05) is 6.07 Å². The van der Waals surface area contributed by atoms with Crippen LogP contribution in [0.5, 0.6) is 0 Å². The molecule has 22 heavy (non-hydrogen) atoms. The van der Waals surface area contributed by atoms with E-state index in [1.54, 1.807) is 28.0 Å². The zero-order valence-electron chi connectivity index (χ0n) is 12.6. The van der Waals surface area contributed by atoms with E-state index in [-0.39, 0.29) is 17.9 Å². The first-order valence-corrected chi connectivity index (χ1v) is 9.95. The van der Waals surface area contributed by atoms with Crippen LogP contribution in [-0.4, -0.2) is 40.9 Å². The minimum absolute atomic E-state index is 0.0310. The minimum atomic E-state index is -0.266. The topological polar surface area (TPSA) is 49.4 Å². The van der Waals surface area contributed by atoms with E-state index in [0.717, 1.165) is 25.1 Å². The molecule has 6 heteroatoms. The SMILES string of the molecule is O=C(NCC1CC1)[C@H]1CSCN1C(=O)CCCc1cccs1. The molecule has 2 amide bonds. The zero-order chi connectivity index (χ0) is 15.4. The van der Waals surface area contributed by atoms with Gasteiger partial charge in [0, 0.05) is 23.6 Å². The summed E-state index contributed by atoms with van der Waals surface area (Å²) in [5, 5.41) is 5.07.